The van der Waals surface area contributed by atoms with Crippen LogP contribution in [0.5, 0.6) is 0 Å². The Morgan fingerprint density at radius 1 is 1.26 bits per heavy atom. The average Bonchev–Trinajstić information content (AvgIpc) is 3.13. The van der Waals surface area contributed by atoms with Crippen molar-refractivity contribution < 1.29 is 14.7 Å². The van der Waals surface area contributed by atoms with Gasteiger partial charge in [-0.25, -0.2) is 9.79 Å². The molecule has 1 aliphatic heterocycles. The van der Waals surface area contributed by atoms with Crippen molar-refractivity contribution in [2.24, 2.45) is 4.99 Å². The maximum absolute atomic E-state index is 12.3. The number of likely N-dealkylation sites (N-methyl/N-ethyl adjacent to an activating group) is 1. The summed E-state index contributed by atoms with van der Waals surface area (Å²) in [6.45, 7) is 0. The minimum atomic E-state index is -0.979. The molecule has 1 saturated heterocycles. The molecule has 7 heteroatoms. The smallest absolute Gasteiger partial charge is 0.335 e. The van der Waals surface area contributed by atoms with Crippen molar-refractivity contribution in [3.8, 4) is 0 Å². The van der Waals surface area contributed by atoms with Crippen molar-refractivity contribution in [3.63, 3.8) is 0 Å². The molecule has 0 bridgehead atoms. The second kappa shape index (κ2) is 6.39. The standard InChI is InChI=1S/C16H12N2O3S2/c1-18-14(19)13(9-12-3-2-8-22-12)23-16(18)17-11-6-4-10(5-7-11)15(20)21/h2-9H,1H3,(H,20,21)/b13-9-,17-16?. The van der Waals surface area contributed by atoms with E-state index in [9.17, 15) is 9.59 Å². The summed E-state index contributed by atoms with van der Waals surface area (Å²) in [4.78, 5) is 30.7. The van der Waals surface area contributed by atoms with Gasteiger partial charge >= 0.3 is 5.97 Å². The number of aliphatic imine (C=N–C) groups is 1. The lowest BCUT2D eigenvalue weighted by atomic mass is 10.2. The number of amidine groups is 1. The van der Waals surface area contributed by atoms with E-state index in [1.54, 1.807) is 30.5 Å². The van der Waals surface area contributed by atoms with Crippen LogP contribution in [0.25, 0.3) is 6.08 Å². The van der Waals surface area contributed by atoms with Gasteiger partial charge in [0.15, 0.2) is 5.17 Å². The lowest BCUT2D eigenvalue weighted by molar-refractivity contribution is -0.121. The number of carbonyl (C=O) groups excluding carboxylic acids is 1. The van der Waals surface area contributed by atoms with Crippen molar-refractivity contribution in [1.82, 2.24) is 4.90 Å². The van der Waals surface area contributed by atoms with Gasteiger partial charge in [-0.05, 0) is 53.5 Å². The van der Waals surface area contributed by atoms with Gasteiger partial charge < -0.3 is 5.11 Å². The topological polar surface area (TPSA) is 70.0 Å². The molecular formula is C16H12N2O3S2. The highest BCUT2D eigenvalue weighted by molar-refractivity contribution is 8.18. The van der Waals surface area contributed by atoms with Crippen LogP contribution in [0.15, 0.2) is 51.7 Å². The second-order valence-corrected chi connectivity index (χ2v) is 6.73. The van der Waals surface area contributed by atoms with Crippen LogP contribution < -0.4 is 0 Å². The van der Waals surface area contributed by atoms with Crippen molar-refractivity contribution >= 4 is 51.9 Å². The Labute approximate surface area is 141 Å². The lowest BCUT2D eigenvalue weighted by Crippen LogP contribution is -2.23. The first-order valence-corrected chi connectivity index (χ1v) is 8.37. The van der Waals surface area contributed by atoms with Crippen LogP contribution in [0.4, 0.5) is 5.69 Å². The zero-order chi connectivity index (χ0) is 16.4. The molecule has 1 aromatic carbocycles. The van der Waals surface area contributed by atoms with Gasteiger partial charge in [0, 0.05) is 11.9 Å². The Bertz CT molecular complexity index is 808. The van der Waals surface area contributed by atoms with Gasteiger partial charge in [-0.2, -0.15) is 0 Å². The number of hydrogen-bond donors (Lipinski definition) is 1. The van der Waals surface area contributed by atoms with Gasteiger partial charge in [-0.15, -0.1) is 11.3 Å². The van der Waals surface area contributed by atoms with E-state index in [1.165, 1.54) is 28.8 Å². The largest absolute Gasteiger partial charge is 0.478 e. The SMILES string of the molecule is CN1C(=O)/C(=C/c2cccs2)SC1=Nc1ccc(C(=O)O)cc1. The summed E-state index contributed by atoms with van der Waals surface area (Å²) in [5.74, 6) is -1.07. The first-order valence-electron chi connectivity index (χ1n) is 6.68. The number of carbonyl (C=O) groups is 2. The molecule has 0 spiro atoms. The van der Waals surface area contributed by atoms with Crippen molar-refractivity contribution in [3.05, 3.63) is 57.1 Å². The molecule has 0 aliphatic carbocycles. The third-order valence-corrected chi connectivity index (χ3v) is 5.04. The summed E-state index contributed by atoms with van der Waals surface area (Å²) < 4.78 is 0. The molecule has 23 heavy (non-hydrogen) atoms. The fourth-order valence-corrected chi connectivity index (χ4v) is 3.65. The number of aromatic carboxylic acids is 1. The summed E-state index contributed by atoms with van der Waals surface area (Å²) in [5, 5.41) is 11.4. The number of amides is 1. The molecule has 5 nitrogen and oxygen atoms in total. The molecule has 1 fully saturated rings. The maximum Gasteiger partial charge on any atom is 0.335 e. The van der Waals surface area contributed by atoms with Crippen LogP contribution in [0.1, 0.15) is 15.2 Å². The number of benzene rings is 1. The van der Waals surface area contributed by atoms with Gasteiger partial charge in [0.25, 0.3) is 5.91 Å². The molecule has 1 aromatic heterocycles. The number of carboxylic acid groups (broad SMARTS) is 1. The molecule has 2 heterocycles. The number of thiophene rings is 1. The van der Waals surface area contributed by atoms with E-state index >= 15 is 0 Å². The van der Waals surface area contributed by atoms with Crippen LogP contribution in [-0.4, -0.2) is 34.1 Å². The minimum Gasteiger partial charge on any atom is -0.478 e. The van der Waals surface area contributed by atoms with Gasteiger partial charge in [0.05, 0.1) is 16.2 Å². The molecule has 1 aliphatic rings. The van der Waals surface area contributed by atoms with Gasteiger partial charge in [-0.1, -0.05) is 6.07 Å². The van der Waals surface area contributed by atoms with Gasteiger partial charge in [0.2, 0.25) is 0 Å². The molecule has 1 amide bonds. The highest BCUT2D eigenvalue weighted by atomic mass is 32.2. The zero-order valence-electron chi connectivity index (χ0n) is 12.1. The monoisotopic (exact) mass is 344 g/mol. The summed E-state index contributed by atoms with van der Waals surface area (Å²) in [6.07, 6.45) is 1.85. The van der Waals surface area contributed by atoms with E-state index in [0.717, 1.165) is 4.88 Å². The van der Waals surface area contributed by atoms with Crippen LogP contribution in [0.3, 0.4) is 0 Å². The number of nitrogens with zero attached hydrogens (tertiary/aromatic N) is 2. The number of thioether (sulfide) groups is 1. The number of carboxylic acids is 1. The molecule has 0 radical (unpaired) electrons. The zero-order valence-corrected chi connectivity index (χ0v) is 13.7. The van der Waals surface area contributed by atoms with E-state index in [4.69, 9.17) is 5.11 Å². The van der Waals surface area contributed by atoms with Gasteiger partial charge in [0.1, 0.15) is 0 Å². The summed E-state index contributed by atoms with van der Waals surface area (Å²) >= 11 is 2.87. The Kier molecular flexibility index (Phi) is 4.31. The number of hydrogen-bond acceptors (Lipinski definition) is 5. The Hall–Kier alpha value is -2.38. The van der Waals surface area contributed by atoms with Crippen LogP contribution in [0, 0.1) is 0 Å². The molecule has 2 aromatic rings. The fourth-order valence-electron chi connectivity index (χ4n) is 1.94. The molecule has 0 unspecified atom stereocenters. The average molecular weight is 344 g/mol. The maximum atomic E-state index is 12.3. The third-order valence-electron chi connectivity index (χ3n) is 3.16. The lowest BCUT2D eigenvalue weighted by Gasteiger charge is -2.07. The first-order chi connectivity index (χ1) is 11.0. The van der Waals surface area contributed by atoms with E-state index < -0.39 is 5.97 Å². The molecule has 1 N–H and O–H groups in total. The van der Waals surface area contributed by atoms with Gasteiger partial charge in [-0.3, -0.25) is 9.69 Å². The van der Waals surface area contributed by atoms with E-state index in [2.05, 4.69) is 4.99 Å². The van der Waals surface area contributed by atoms with Crippen LogP contribution >= 0.6 is 23.1 Å². The van der Waals surface area contributed by atoms with E-state index in [0.29, 0.717) is 15.8 Å². The van der Waals surface area contributed by atoms with Crippen molar-refractivity contribution in [2.75, 3.05) is 7.05 Å². The van der Waals surface area contributed by atoms with Crippen molar-refractivity contribution in [2.45, 2.75) is 0 Å². The van der Waals surface area contributed by atoms with E-state index in [-0.39, 0.29) is 11.5 Å². The minimum absolute atomic E-state index is 0.0932. The quantitative estimate of drug-likeness (QED) is 0.862. The summed E-state index contributed by atoms with van der Waals surface area (Å²) in [7, 11) is 1.68. The predicted molar refractivity (Wildman–Crippen MR) is 93.2 cm³/mol. The molecule has 0 atom stereocenters. The van der Waals surface area contributed by atoms with Crippen LogP contribution in [0.2, 0.25) is 0 Å². The Morgan fingerprint density at radius 3 is 2.61 bits per heavy atom. The predicted octanol–water partition coefficient (Wildman–Crippen LogP) is 3.68. The Balaban J connectivity index is 1.85. The normalized spacial score (nSPS) is 18.1. The molecular weight excluding hydrogens is 332 g/mol. The highest BCUT2D eigenvalue weighted by Crippen LogP contribution is 2.33. The molecule has 0 saturated carbocycles. The molecule has 116 valence electrons. The Morgan fingerprint density at radius 2 is 2.00 bits per heavy atom. The third kappa shape index (κ3) is 3.35. The molecule has 3 rings (SSSR count). The summed E-state index contributed by atoms with van der Waals surface area (Å²) in [5.41, 5.74) is 0.810. The summed E-state index contributed by atoms with van der Waals surface area (Å²) in [6, 6.07) is 10.1. The fraction of sp³-hybridized carbons (Fsp3) is 0.0625. The van der Waals surface area contributed by atoms with E-state index in [1.807, 2.05) is 23.6 Å². The highest BCUT2D eigenvalue weighted by Gasteiger charge is 2.30. The van der Waals surface area contributed by atoms with Crippen LogP contribution in [-0.2, 0) is 4.79 Å². The number of rotatable bonds is 3. The second-order valence-electron chi connectivity index (χ2n) is 4.74. The van der Waals surface area contributed by atoms with Crippen molar-refractivity contribution in [1.29, 1.82) is 0 Å². The first kappa shape index (κ1) is 15.5.